The monoisotopic (exact) mass is 299 g/mol. The summed E-state index contributed by atoms with van der Waals surface area (Å²) < 4.78 is 0. The average Bonchev–Trinajstić information content (AvgIpc) is 3.05. The van der Waals surface area contributed by atoms with E-state index < -0.39 is 0 Å². The van der Waals surface area contributed by atoms with Crippen molar-refractivity contribution in [3.8, 4) is 0 Å². The summed E-state index contributed by atoms with van der Waals surface area (Å²) in [6, 6.07) is 7.79. The van der Waals surface area contributed by atoms with Gasteiger partial charge in [0, 0.05) is 17.1 Å². The molecule has 1 aromatic carbocycles. The van der Waals surface area contributed by atoms with Crippen molar-refractivity contribution in [3.05, 3.63) is 46.0 Å². The molecule has 21 heavy (non-hydrogen) atoms. The van der Waals surface area contributed by atoms with Gasteiger partial charge in [-0.05, 0) is 31.0 Å². The highest BCUT2D eigenvalue weighted by atomic mass is 32.1. The lowest BCUT2D eigenvalue weighted by Gasteiger charge is -2.08. The highest BCUT2D eigenvalue weighted by Crippen LogP contribution is 2.27. The molecule has 0 radical (unpaired) electrons. The second kappa shape index (κ2) is 5.33. The quantitative estimate of drug-likeness (QED) is 0.757. The minimum Gasteiger partial charge on any atom is -0.361 e. The predicted octanol–water partition coefficient (Wildman–Crippen LogP) is 4.31. The Morgan fingerprint density at radius 1 is 1.33 bits per heavy atom. The van der Waals surface area contributed by atoms with Crippen LogP contribution in [-0.4, -0.2) is 15.9 Å². The molecule has 4 nitrogen and oxygen atoms in total. The van der Waals surface area contributed by atoms with Crippen LogP contribution in [0.4, 0.5) is 5.69 Å². The van der Waals surface area contributed by atoms with Crippen LogP contribution in [0.3, 0.4) is 0 Å². The Morgan fingerprint density at radius 2 is 2.14 bits per heavy atom. The molecule has 2 aromatic heterocycles. The Hall–Kier alpha value is -2.14. The third-order valence-corrected chi connectivity index (χ3v) is 4.34. The van der Waals surface area contributed by atoms with Crippen LogP contribution in [0.5, 0.6) is 0 Å². The molecular formula is C16H17N3OS. The third-order valence-electron chi connectivity index (χ3n) is 3.36. The number of H-pyrrole nitrogens is 1. The third kappa shape index (κ3) is 2.56. The first-order chi connectivity index (χ1) is 10.1. The van der Waals surface area contributed by atoms with Gasteiger partial charge in [-0.3, -0.25) is 4.79 Å². The highest BCUT2D eigenvalue weighted by molar-refractivity contribution is 7.13. The normalized spacial score (nSPS) is 11.2. The van der Waals surface area contributed by atoms with E-state index in [1.807, 2.05) is 37.4 Å². The van der Waals surface area contributed by atoms with Crippen molar-refractivity contribution >= 4 is 33.8 Å². The molecule has 0 fully saturated rings. The fourth-order valence-corrected chi connectivity index (χ4v) is 3.34. The molecule has 0 bridgehead atoms. The van der Waals surface area contributed by atoms with Crippen molar-refractivity contribution in [1.82, 2.24) is 9.97 Å². The lowest BCUT2D eigenvalue weighted by molar-refractivity contribution is 0.102. The first-order valence-corrected chi connectivity index (χ1v) is 7.72. The number of aromatic amines is 1. The second-order valence-electron chi connectivity index (χ2n) is 5.30. The molecule has 0 aliphatic rings. The van der Waals surface area contributed by atoms with E-state index in [0.717, 1.165) is 27.3 Å². The first kappa shape index (κ1) is 13.8. The standard InChI is InChI=1S/C16H17N3OS/c1-9(2)14-15(21-10(3)18-14)16(20)19-13-6-4-5-12-11(13)7-8-17-12/h4-9,17H,1-3H3,(H,19,20). The lowest BCUT2D eigenvalue weighted by Crippen LogP contribution is -2.13. The van der Waals surface area contributed by atoms with Crippen molar-refractivity contribution < 1.29 is 4.79 Å². The van der Waals surface area contributed by atoms with Crippen LogP contribution in [-0.2, 0) is 0 Å². The Morgan fingerprint density at radius 3 is 2.90 bits per heavy atom. The zero-order valence-electron chi connectivity index (χ0n) is 12.2. The van der Waals surface area contributed by atoms with Crippen molar-refractivity contribution in [3.63, 3.8) is 0 Å². The van der Waals surface area contributed by atoms with E-state index in [2.05, 4.69) is 29.1 Å². The molecule has 108 valence electrons. The summed E-state index contributed by atoms with van der Waals surface area (Å²) in [5.41, 5.74) is 2.70. The molecular weight excluding hydrogens is 282 g/mol. The number of carbonyl (C=O) groups excluding carboxylic acids is 1. The molecule has 0 atom stereocenters. The molecule has 0 aliphatic heterocycles. The summed E-state index contributed by atoms with van der Waals surface area (Å²) in [5, 5.41) is 4.94. The number of hydrogen-bond donors (Lipinski definition) is 2. The van der Waals surface area contributed by atoms with Crippen LogP contribution in [0.1, 0.15) is 40.1 Å². The van der Waals surface area contributed by atoms with Gasteiger partial charge in [0.1, 0.15) is 4.88 Å². The fraction of sp³-hybridized carbons (Fsp3) is 0.250. The van der Waals surface area contributed by atoms with Gasteiger partial charge in [0.25, 0.3) is 5.91 Å². The minimum absolute atomic E-state index is 0.0852. The Kier molecular flexibility index (Phi) is 3.51. The van der Waals surface area contributed by atoms with Crippen LogP contribution < -0.4 is 5.32 Å². The molecule has 2 N–H and O–H groups in total. The maximum Gasteiger partial charge on any atom is 0.267 e. The average molecular weight is 299 g/mol. The summed E-state index contributed by atoms with van der Waals surface area (Å²) in [4.78, 5) is 20.9. The van der Waals surface area contributed by atoms with E-state index in [0.29, 0.717) is 4.88 Å². The molecule has 3 rings (SSSR count). The van der Waals surface area contributed by atoms with Crippen molar-refractivity contribution in [2.24, 2.45) is 0 Å². The highest BCUT2D eigenvalue weighted by Gasteiger charge is 2.19. The van der Waals surface area contributed by atoms with Gasteiger partial charge in [0.2, 0.25) is 0 Å². The Balaban J connectivity index is 1.95. The number of anilines is 1. The maximum absolute atomic E-state index is 12.6. The van der Waals surface area contributed by atoms with Gasteiger partial charge in [-0.1, -0.05) is 19.9 Å². The minimum atomic E-state index is -0.0852. The molecule has 3 aromatic rings. The maximum atomic E-state index is 12.6. The van der Waals surface area contributed by atoms with E-state index in [4.69, 9.17) is 0 Å². The number of aromatic nitrogens is 2. The number of amides is 1. The molecule has 0 aliphatic carbocycles. The molecule has 2 heterocycles. The SMILES string of the molecule is Cc1nc(C(C)C)c(C(=O)Nc2cccc3[nH]ccc23)s1. The number of carbonyl (C=O) groups is 1. The number of nitrogens with one attached hydrogen (secondary N) is 2. The summed E-state index contributed by atoms with van der Waals surface area (Å²) in [5.74, 6) is 0.150. The van der Waals surface area contributed by atoms with Crippen LogP contribution in [0.2, 0.25) is 0 Å². The summed E-state index contributed by atoms with van der Waals surface area (Å²) in [6.45, 7) is 6.04. The van der Waals surface area contributed by atoms with Crippen LogP contribution in [0, 0.1) is 6.92 Å². The summed E-state index contributed by atoms with van der Waals surface area (Å²) in [7, 11) is 0. The number of rotatable bonds is 3. The van der Waals surface area contributed by atoms with Crippen LogP contribution in [0.25, 0.3) is 10.9 Å². The number of hydrogen-bond acceptors (Lipinski definition) is 3. The molecule has 0 unspecified atom stereocenters. The summed E-state index contributed by atoms with van der Waals surface area (Å²) >= 11 is 1.45. The zero-order chi connectivity index (χ0) is 15.0. The van der Waals surface area contributed by atoms with E-state index in [-0.39, 0.29) is 11.8 Å². The van der Waals surface area contributed by atoms with Gasteiger partial charge in [0.15, 0.2) is 0 Å². The van der Waals surface area contributed by atoms with Crippen molar-refractivity contribution in [2.75, 3.05) is 5.32 Å². The predicted molar refractivity (Wildman–Crippen MR) is 87.2 cm³/mol. The lowest BCUT2D eigenvalue weighted by atomic mass is 10.1. The van der Waals surface area contributed by atoms with Crippen LogP contribution >= 0.6 is 11.3 Å². The van der Waals surface area contributed by atoms with Gasteiger partial charge in [-0.2, -0.15) is 0 Å². The number of benzene rings is 1. The summed E-state index contributed by atoms with van der Waals surface area (Å²) in [6.07, 6.45) is 1.87. The number of aryl methyl sites for hydroxylation is 1. The smallest absolute Gasteiger partial charge is 0.267 e. The van der Waals surface area contributed by atoms with Crippen LogP contribution in [0.15, 0.2) is 30.5 Å². The van der Waals surface area contributed by atoms with Gasteiger partial charge in [-0.15, -0.1) is 11.3 Å². The number of fused-ring (bicyclic) bond motifs is 1. The first-order valence-electron chi connectivity index (χ1n) is 6.91. The van der Waals surface area contributed by atoms with Gasteiger partial charge in [-0.25, -0.2) is 4.98 Å². The Bertz CT molecular complexity index is 801. The number of nitrogens with zero attached hydrogens (tertiary/aromatic N) is 1. The van der Waals surface area contributed by atoms with E-state index in [1.165, 1.54) is 11.3 Å². The second-order valence-corrected chi connectivity index (χ2v) is 6.50. The number of thiazole rings is 1. The van der Waals surface area contributed by atoms with Crippen molar-refractivity contribution in [1.29, 1.82) is 0 Å². The van der Waals surface area contributed by atoms with Gasteiger partial charge in [0.05, 0.1) is 16.4 Å². The van der Waals surface area contributed by atoms with E-state index in [9.17, 15) is 4.79 Å². The largest absolute Gasteiger partial charge is 0.361 e. The topological polar surface area (TPSA) is 57.8 Å². The van der Waals surface area contributed by atoms with Gasteiger partial charge >= 0.3 is 0 Å². The Labute approximate surface area is 127 Å². The molecule has 0 saturated heterocycles. The fourth-order valence-electron chi connectivity index (χ4n) is 2.37. The molecule has 5 heteroatoms. The van der Waals surface area contributed by atoms with Gasteiger partial charge < -0.3 is 10.3 Å². The van der Waals surface area contributed by atoms with E-state index >= 15 is 0 Å². The zero-order valence-corrected chi connectivity index (χ0v) is 13.0. The van der Waals surface area contributed by atoms with Crippen molar-refractivity contribution in [2.45, 2.75) is 26.7 Å². The molecule has 0 spiro atoms. The molecule has 0 saturated carbocycles. The molecule has 1 amide bonds. The van der Waals surface area contributed by atoms with E-state index in [1.54, 1.807) is 0 Å².